The lowest BCUT2D eigenvalue weighted by Crippen LogP contribution is -2.30. The average Bonchev–Trinajstić information content (AvgIpc) is 3.43. The number of carbonyl (C=O) groups excluding carboxylic acids is 2. The monoisotopic (exact) mass is 430 g/mol. The molecule has 148 valence electrons. The standard InChI is InChI=1S/C19H14N2O6S2/c20-29(25,26)12-7-5-11(6-8-12)21-16(14-4-2-10-28-14)15(18(23)19(21)24)17(22)13-3-1-9-27-13/h1-10,16,23H,(H2,20,25,26). The van der Waals surface area contributed by atoms with Gasteiger partial charge in [-0.05, 0) is 47.8 Å². The molecule has 0 bridgehead atoms. The van der Waals surface area contributed by atoms with E-state index in [1.807, 2.05) is 0 Å². The van der Waals surface area contributed by atoms with E-state index in [2.05, 4.69) is 0 Å². The Hall–Kier alpha value is -3.21. The van der Waals surface area contributed by atoms with Crippen LogP contribution in [0.3, 0.4) is 0 Å². The second-order valence-electron chi connectivity index (χ2n) is 6.20. The normalized spacial score (nSPS) is 17.2. The molecular weight excluding hydrogens is 416 g/mol. The first kappa shape index (κ1) is 19.1. The van der Waals surface area contributed by atoms with E-state index in [0.29, 0.717) is 10.6 Å². The molecule has 0 fully saturated rings. The van der Waals surface area contributed by atoms with E-state index in [1.54, 1.807) is 17.5 Å². The fourth-order valence-electron chi connectivity index (χ4n) is 3.16. The second-order valence-corrected chi connectivity index (χ2v) is 8.74. The van der Waals surface area contributed by atoms with E-state index in [-0.39, 0.29) is 16.2 Å². The number of hydrogen-bond donors (Lipinski definition) is 2. The third-order valence-electron chi connectivity index (χ3n) is 4.45. The topological polar surface area (TPSA) is 131 Å². The van der Waals surface area contributed by atoms with Gasteiger partial charge in [0.05, 0.1) is 16.7 Å². The number of thiophene rings is 1. The van der Waals surface area contributed by atoms with Crippen LogP contribution in [-0.2, 0) is 14.8 Å². The van der Waals surface area contributed by atoms with Gasteiger partial charge < -0.3 is 9.52 Å². The van der Waals surface area contributed by atoms with Crippen LogP contribution in [0.15, 0.2) is 80.8 Å². The number of furan rings is 1. The third kappa shape index (κ3) is 3.27. The maximum Gasteiger partial charge on any atom is 0.294 e. The minimum atomic E-state index is -3.91. The molecule has 3 heterocycles. The quantitative estimate of drug-likeness (QED) is 0.599. The number of rotatable bonds is 5. The van der Waals surface area contributed by atoms with Crippen LogP contribution in [0.5, 0.6) is 0 Å². The van der Waals surface area contributed by atoms with Crippen LogP contribution >= 0.6 is 11.3 Å². The van der Waals surface area contributed by atoms with Crippen molar-refractivity contribution >= 4 is 38.7 Å². The maximum absolute atomic E-state index is 13.0. The summed E-state index contributed by atoms with van der Waals surface area (Å²) in [5.41, 5.74) is 0.192. The fraction of sp³-hybridized carbons (Fsp3) is 0.0526. The summed E-state index contributed by atoms with van der Waals surface area (Å²) in [7, 11) is -3.91. The van der Waals surface area contributed by atoms with Gasteiger partial charge in [0.1, 0.15) is 6.04 Å². The molecule has 0 spiro atoms. The number of amides is 1. The third-order valence-corrected chi connectivity index (χ3v) is 6.31. The zero-order valence-corrected chi connectivity index (χ0v) is 16.3. The van der Waals surface area contributed by atoms with E-state index >= 15 is 0 Å². The van der Waals surface area contributed by atoms with Crippen LogP contribution in [0.25, 0.3) is 0 Å². The molecule has 1 unspecified atom stereocenters. The number of carbonyl (C=O) groups is 2. The Labute approximate surface area is 169 Å². The maximum atomic E-state index is 13.0. The van der Waals surface area contributed by atoms with Crippen LogP contribution < -0.4 is 10.0 Å². The van der Waals surface area contributed by atoms with Crippen molar-refractivity contribution in [1.29, 1.82) is 0 Å². The molecule has 10 heteroatoms. The lowest BCUT2D eigenvalue weighted by atomic mass is 10.00. The van der Waals surface area contributed by atoms with Gasteiger partial charge in [-0.15, -0.1) is 11.3 Å². The fourth-order valence-corrected chi connectivity index (χ4v) is 4.50. The lowest BCUT2D eigenvalue weighted by Gasteiger charge is -2.25. The molecule has 0 saturated heterocycles. The van der Waals surface area contributed by atoms with Crippen LogP contribution in [0, 0.1) is 0 Å². The van der Waals surface area contributed by atoms with E-state index in [9.17, 15) is 23.1 Å². The van der Waals surface area contributed by atoms with Crippen molar-refractivity contribution < 1.29 is 27.5 Å². The van der Waals surface area contributed by atoms with Gasteiger partial charge in [0.15, 0.2) is 11.5 Å². The summed E-state index contributed by atoms with van der Waals surface area (Å²) in [6.07, 6.45) is 1.32. The molecule has 1 aromatic carbocycles. The first-order valence-electron chi connectivity index (χ1n) is 8.30. The van der Waals surface area contributed by atoms with E-state index in [0.717, 1.165) is 0 Å². The Morgan fingerprint density at radius 3 is 2.41 bits per heavy atom. The first-order chi connectivity index (χ1) is 13.8. The average molecular weight is 430 g/mol. The van der Waals surface area contributed by atoms with Gasteiger partial charge in [-0.2, -0.15) is 0 Å². The highest BCUT2D eigenvalue weighted by Gasteiger charge is 2.45. The van der Waals surface area contributed by atoms with Gasteiger partial charge in [0, 0.05) is 10.6 Å². The number of nitrogens with two attached hydrogens (primary N) is 1. The van der Waals surface area contributed by atoms with Gasteiger partial charge in [0.2, 0.25) is 15.8 Å². The van der Waals surface area contributed by atoms with Crippen molar-refractivity contribution in [2.24, 2.45) is 5.14 Å². The Morgan fingerprint density at radius 1 is 1.14 bits per heavy atom. The molecule has 2 aromatic heterocycles. The van der Waals surface area contributed by atoms with Gasteiger partial charge in [-0.3, -0.25) is 14.5 Å². The highest BCUT2D eigenvalue weighted by atomic mass is 32.2. The van der Waals surface area contributed by atoms with Crippen LogP contribution in [0.2, 0.25) is 0 Å². The zero-order valence-electron chi connectivity index (χ0n) is 14.7. The number of aliphatic hydroxyl groups excluding tert-OH is 1. The summed E-state index contributed by atoms with van der Waals surface area (Å²) in [6, 6.07) is 10.9. The zero-order chi connectivity index (χ0) is 20.8. The Bertz CT molecular complexity index is 1210. The van der Waals surface area contributed by atoms with E-state index in [4.69, 9.17) is 9.56 Å². The molecule has 29 heavy (non-hydrogen) atoms. The van der Waals surface area contributed by atoms with E-state index in [1.165, 1.54) is 58.9 Å². The van der Waals surface area contributed by atoms with Crippen molar-refractivity contribution in [3.05, 3.63) is 82.1 Å². The molecule has 4 rings (SSSR count). The van der Waals surface area contributed by atoms with Gasteiger partial charge in [0.25, 0.3) is 5.91 Å². The summed E-state index contributed by atoms with van der Waals surface area (Å²) in [5, 5.41) is 17.4. The number of aliphatic hydroxyl groups is 1. The second kappa shape index (κ2) is 6.99. The van der Waals surface area contributed by atoms with Crippen molar-refractivity contribution in [2.45, 2.75) is 10.9 Å². The number of Topliss-reactive ketones (excluding diaryl/α,β-unsaturated/α-hetero) is 1. The molecule has 0 aliphatic carbocycles. The Morgan fingerprint density at radius 2 is 1.86 bits per heavy atom. The smallest absolute Gasteiger partial charge is 0.294 e. The summed E-state index contributed by atoms with van der Waals surface area (Å²) in [6.45, 7) is 0. The van der Waals surface area contributed by atoms with Gasteiger partial charge in [-0.25, -0.2) is 13.6 Å². The van der Waals surface area contributed by atoms with E-state index < -0.39 is 33.5 Å². The molecule has 0 radical (unpaired) electrons. The summed E-state index contributed by atoms with van der Waals surface area (Å²) < 4.78 is 28.2. The molecule has 3 N–H and O–H groups in total. The predicted molar refractivity (Wildman–Crippen MR) is 105 cm³/mol. The van der Waals surface area contributed by atoms with Gasteiger partial charge in [-0.1, -0.05) is 6.07 Å². The van der Waals surface area contributed by atoms with Crippen LogP contribution in [-0.4, -0.2) is 25.2 Å². The summed E-state index contributed by atoms with van der Waals surface area (Å²) >= 11 is 1.31. The number of ketones is 1. The summed E-state index contributed by atoms with van der Waals surface area (Å²) in [4.78, 5) is 27.6. The Kier molecular flexibility index (Phi) is 4.61. The van der Waals surface area contributed by atoms with Gasteiger partial charge >= 0.3 is 0 Å². The minimum absolute atomic E-state index is 0.00710. The molecule has 1 atom stereocenters. The van der Waals surface area contributed by atoms with Crippen molar-refractivity contribution in [3.63, 3.8) is 0 Å². The molecule has 8 nitrogen and oxygen atoms in total. The number of primary sulfonamides is 1. The number of nitrogens with zero attached hydrogens (tertiary/aromatic N) is 1. The van der Waals surface area contributed by atoms with Crippen LogP contribution in [0.4, 0.5) is 5.69 Å². The largest absolute Gasteiger partial charge is 0.503 e. The minimum Gasteiger partial charge on any atom is -0.503 e. The number of benzene rings is 1. The Balaban J connectivity index is 1.83. The first-order valence-corrected chi connectivity index (χ1v) is 10.7. The highest BCUT2D eigenvalue weighted by molar-refractivity contribution is 7.89. The molecule has 3 aromatic rings. The van der Waals surface area contributed by atoms with Crippen LogP contribution in [0.1, 0.15) is 21.5 Å². The van der Waals surface area contributed by atoms with Crippen molar-refractivity contribution in [2.75, 3.05) is 4.90 Å². The predicted octanol–water partition coefficient (Wildman–Crippen LogP) is 2.77. The number of hydrogen-bond acceptors (Lipinski definition) is 7. The molecule has 1 amide bonds. The highest BCUT2D eigenvalue weighted by Crippen LogP contribution is 2.43. The van der Waals surface area contributed by atoms with Crippen molar-refractivity contribution in [3.8, 4) is 0 Å². The molecule has 1 aliphatic rings. The number of sulfonamides is 1. The molecule has 0 saturated carbocycles. The summed E-state index contributed by atoms with van der Waals surface area (Å²) in [5.74, 6) is -2.07. The van der Waals surface area contributed by atoms with Crippen molar-refractivity contribution in [1.82, 2.24) is 0 Å². The number of anilines is 1. The molecular formula is C19H14N2O6S2. The molecule has 1 aliphatic heterocycles. The SMILES string of the molecule is NS(=O)(=O)c1ccc(N2C(=O)C(O)=C(C(=O)c3ccco3)C2c2cccs2)cc1. The lowest BCUT2D eigenvalue weighted by molar-refractivity contribution is -0.117.